The third-order valence-corrected chi connectivity index (χ3v) is 4.42. The molecule has 108 valence electrons. The zero-order valence-electron chi connectivity index (χ0n) is 11.6. The van der Waals surface area contributed by atoms with Crippen molar-refractivity contribution >= 4 is 28.1 Å². The zero-order chi connectivity index (χ0) is 14.7. The van der Waals surface area contributed by atoms with Crippen LogP contribution in [0.5, 0.6) is 0 Å². The van der Waals surface area contributed by atoms with Crippen LogP contribution in [-0.2, 0) is 13.0 Å². The van der Waals surface area contributed by atoms with Crippen LogP contribution < -0.4 is 11.1 Å². The quantitative estimate of drug-likeness (QED) is 0.612. The molecular formula is C16H17N3OS. The Kier molecular flexibility index (Phi) is 4.03. The summed E-state index contributed by atoms with van der Waals surface area (Å²) >= 11 is 1.56. The first-order valence-electron chi connectivity index (χ1n) is 6.87. The highest BCUT2D eigenvalue weighted by Gasteiger charge is 2.05. The summed E-state index contributed by atoms with van der Waals surface area (Å²) in [5, 5.41) is 6.49. The number of fused-ring (bicyclic) bond motifs is 1. The van der Waals surface area contributed by atoms with E-state index >= 15 is 0 Å². The Hall–Kier alpha value is -2.11. The van der Waals surface area contributed by atoms with Crippen LogP contribution in [-0.4, -0.2) is 17.4 Å². The molecule has 21 heavy (non-hydrogen) atoms. The molecule has 0 aliphatic rings. The van der Waals surface area contributed by atoms with Gasteiger partial charge in [-0.15, -0.1) is 11.3 Å². The Morgan fingerprint density at radius 2 is 2.19 bits per heavy atom. The van der Waals surface area contributed by atoms with Crippen LogP contribution in [0.3, 0.4) is 0 Å². The number of hydrogen-bond donors (Lipinski definition) is 3. The fraction of sp³-hybridized carbons (Fsp3) is 0.188. The van der Waals surface area contributed by atoms with Crippen LogP contribution >= 0.6 is 11.3 Å². The number of carbonyl (C=O) groups is 1. The monoisotopic (exact) mass is 299 g/mol. The van der Waals surface area contributed by atoms with Crippen molar-refractivity contribution in [2.24, 2.45) is 5.73 Å². The molecule has 0 atom stereocenters. The molecule has 0 fully saturated rings. The van der Waals surface area contributed by atoms with Gasteiger partial charge in [-0.1, -0.05) is 18.2 Å². The van der Waals surface area contributed by atoms with Crippen LogP contribution in [0.4, 0.5) is 0 Å². The summed E-state index contributed by atoms with van der Waals surface area (Å²) in [4.78, 5) is 15.4. The molecule has 2 heterocycles. The Morgan fingerprint density at radius 3 is 3.00 bits per heavy atom. The van der Waals surface area contributed by atoms with Crippen molar-refractivity contribution in [3.8, 4) is 0 Å². The summed E-state index contributed by atoms with van der Waals surface area (Å²) in [6, 6.07) is 10.2. The van der Waals surface area contributed by atoms with Crippen LogP contribution in [0, 0.1) is 0 Å². The van der Waals surface area contributed by atoms with E-state index in [0.29, 0.717) is 5.56 Å². The summed E-state index contributed by atoms with van der Waals surface area (Å²) in [7, 11) is 0. The van der Waals surface area contributed by atoms with Gasteiger partial charge in [0.25, 0.3) is 0 Å². The van der Waals surface area contributed by atoms with Crippen molar-refractivity contribution in [2.75, 3.05) is 6.54 Å². The summed E-state index contributed by atoms with van der Waals surface area (Å²) in [5.74, 6) is -0.365. The highest BCUT2D eigenvalue weighted by molar-refractivity contribution is 7.10. The number of benzene rings is 1. The molecule has 0 aliphatic carbocycles. The molecule has 0 radical (unpaired) electrons. The second-order valence-electron chi connectivity index (χ2n) is 4.95. The summed E-state index contributed by atoms with van der Waals surface area (Å²) in [6.45, 7) is 1.66. The van der Waals surface area contributed by atoms with E-state index in [1.165, 1.54) is 16.5 Å². The van der Waals surface area contributed by atoms with Crippen LogP contribution in [0.25, 0.3) is 10.9 Å². The Balaban J connectivity index is 1.53. The van der Waals surface area contributed by atoms with E-state index in [4.69, 9.17) is 5.73 Å². The molecule has 0 spiro atoms. The number of aromatic amines is 1. The lowest BCUT2D eigenvalue weighted by Crippen LogP contribution is -2.16. The van der Waals surface area contributed by atoms with Crippen molar-refractivity contribution in [1.82, 2.24) is 10.3 Å². The van der Waals surface area contributed by atoms with Crippen LogP contribution in [0.2, 0.25) is 0 Å². The predicted molar refractivity (Wildman–Crippen MR) is 86.5 cm³/mol. The molecule has 0 aliphatic heterocycles. The highest BCUT2D eigenvalue weighted by atomic mass is 32.1. The third-order valence-electron chi connectivity index (χ3n) is 3.48. The van der Waals surface area contributed by atoms with Gasteiger partial charge in [-0.2, -0.15) is 0 Å². The highest BCUT2D eigenvalue weighted by Crippen LogP contribution is 2.18. The molecule has 0 bridgehead atoms. The smallest absolute Gasteiger partial charge is 0.249 e. The lowest BCUT2D eigenvalue weighted by atomic mass is 10.1. The maximum absolute atomic E-state index is 11.0. The molecule has 3 aromatic rings. The van der Waals surface area contributed by atoms with Gasteiger partial charge in [-0.3, -0.25) is 4.79 Å². The number of thiophene rings is 1. The van der Waals surface area contributed by atoms with E-state index in [-0.39, 0.29) is 5.91 Å². The number of rotatable bonds is 6. The Morgan fingerprint density at radius 1 is 1.33 bits per heavy atom. The van der Waals surface area contributed by atoms with Gasteiger partial charge in [0.15, 0.2) is 0 Å². The first kappa shape index (κ1) is 13.9. The number of amides is 1. The fourth-order valence-electron chi connectivity index (χ4n) is 2.38. The molecular weight excluding hydrogens is 282 g/mol. The van der Waals surface area contributed by atoms with Crippen LogP contribution in [0.15, 0.2) is 41.9 Å². The molecule has 0 saturated carbocycles. The van der Waals surface area contributed by atoms with Crippen molar-refractivity contribution in [3.63, 3.8) is 0 Å². The maximum atomic E-state index is 11.0. The van der Waals surface area contributed by atoms with Gasteiger partial charge < -0.3 is 16.0 Å². The number of para-hydroxylation sites is 1. The van der Waals surface area contributed by atoms with Gasteiger partial charge >= 0.3 is 0 Å². The lowest BCUT2D eigenvalue weighted by Gasteiger charge is -2.02. The first-order valence-corrected chi connectivity index (χ1v) is 7.75. The molecule has 5 heteroatoms. The minimum absolute atomic E-state index is 0.365. The standard InChI is InChI=1S/C16H17N3OS/c17-16(20)12-7-13(21-10-12)9-18-6-5-11-8-19-15-4-2-1-3-14(11)15/h1-4,7-8,10,18-19H,5-6,9H2,(H2,17,20). The largest absolute Gasteiger partial charge is 0.366 e. The Labute approximate surface area is 127 Å². The van der Waals surface area contributed by atoms with Gasteiger partial charge in [0, 0.05) is 33.9 Å². The van der Waals surface area contributed by atoms with E-state index in [0.717, 1.165) is 24.4 Å². The average Bonchev–Trinajstić information content (AvgIpc) is 3.11. The number of nitrogens with one attached hydrogen (secondary N) is 2. The third kappa shape index (κ3) is 3.15. The number of hydrogen-bond acceptors (Lipinski definition) is 3. The molecule has 4 N–H and O–H groups in total. The van der Waals surface area contributed by atoms with Crippen molar-refractivity contribution in [3.05, 3.63) is 57.9 Å². The SMILES string of the molecule is NC(=O)c1csc(CNCCc2c[nH]c3ccccc23)c1. The van der Waals surface area contributed by atoms with Crippen molar-refractivity contribution < 1.29 is 4.79 Å². The Bertz CT molecular complexity index is 760. The molecule has 2 aromatic heterocycles. The number of carbonyl (C=O) groups excluding carboxylic acids is 1. The topological polar surface area (TPSA) is 70.9 Å². The van der Waals surface area contributed by atoms with Gasteiger partial charge in [0.2, 0.25) is 5.91 Å². The van der Waals surface area contributed by atoms with Crippen molar-refractivity contribution in [2.45, 2.75) is 13.0 Å². The second kappa shape index (κ2) is 6.11. The molecule has 0 unspecified atom stereocenters. The van der Waals surface area contributed by atoms with Crippen LogP contribution in [0.1, 0.15) is 20.8 Å². The maximum Gasteiger partial charge on any atom is 0.249 e. The van der Waals surface area contributed by atoms with E-state index < -0.39 is 0 Å². The number of nitrogens with two attached hydrogens (primary N) is 1. The minimum Gasteiger partial charge on any atom is -0.366 e. The number of primary amides is 1. The van der Waals surface area contributed by atoms with E-state index in [1.54, 1.807) is 16.7 Å². The van der Waals surface area contributed by atoms with E-state index in [1.807, 2.05) is 12.1 Å². The molecule has 1 aromatic carbocycles. The molecule has 3 rings (SSSR count). The van der Waals surface area contributed by atoms with Gasteiger partial charge in [-0.05, 0) is 30.7 Å². The fourth-order valence-corrected chi connectivity index (χ4v) is 3.22. The number of H-pyrrole nitrogens is 1. The first-order chi connectivity index (χ1) is 10.2. The van der Waals surface area contributed by atoms with E-state index in [9.17, 15) is 4.79 Å². The normalized spacial score (nSPS) is 11.0. The van der Waals surface area contributed by atoms with Gasteiger partial charge in [-0.25, -0.2) is 0 Å². The van der Waals surface area contributed by atoms with Crippen molar-refractivity contribution in [1.29, 1.82) is 0 Å². The van der Waals surface area contributed by atoms with E-state index in [2.05, 4.69) is 34.7 Å². The lowest BCUT2D eigenvalue weighted by molar-refractivity contribution is 0.100. The minimum atomic E-state index is -0.365. The van der Waals surface area contributed by atoms with Gasteiger partial charge in [0.05, 0.1) is 5.56 Å². The summed E-state index contributed by atoms with van der Waals surface area (Å²) in [5.41, 5.74) is 8.33. The summed E-state index contributed by atoms with van der Waals surface area (Å²) < 4.78 is 0. The van der Waals surface area contributed by atoms with Gasteiger partial charge in [0.1, 0.15) is 0 Å². The molecule has 0 saturated heterocycles. The average molecular weight is 299 g/mol. The second-order valence-corrected chi connectivity index (χ2v) is 5.95. The molecule has 1 amide bonds. The predicted octanol–water partition coefficient (Wildman–Crippen LogP) is 2.66. The molecule has 4 nitrogen and oxygen atoms in total. The zero-order valence-corrected chi connectivity index (χ0v) is 12.4. The number of aromatic nitrogens is 1. The summed E-state index contributed by atoms with van der Waals surface area (Å²) in [6.07, 6.45) is 3.04.